The molecule has 0 saturated heterocycles. The molecule has 2 aromatic carbocycles. The fourth-order valence-electron chi connectivity index (χ4n) is 4.75. The molecule has 10 nitrogen and oxygen atoms in total. The maximum absolute atomic E-state index is 13.3. The number of nitrogens with one attached hydrogen (secondary N) is 3. The quantitative estimate of drug-likeness (QED) is 0.159. The largest absolute Gasteiger partial charge is 0.343 e. The number of quaternary nitrogens is 1. The third kappa shape index (κ3) is 9.00. The lowest BCUT2D eigenvalue weighted by Crippen LogP contribution is -2.52. The molecular formula is C29H42N7O3+. The Balaban J connectivity index is 1.68. The van der Waals surface area contributed by atoms with Gasteiger partial charge in [0.05, 0.1) is 32.7 Å². The molecule has 0 saturated carbocycles. The number of pyridine rings is 1. The number of benzene rings is 2. The van der Waals surface area contributed by atoms with Crippen molar-refractivity contribution in [2.45, 2.75) is 37.8 Å². The number of aromatic amines is 1. The van der Waals surface area contributed by atoms with Crippen LogP contribution in [-0.2, 0) is 16.0 Å². The van der Waals surface area contributed by atoms with Crippen molar-refractivity contribution in [1.29, 1.82) is 0 Å². The zero-order valence-electron chi connectivity index (χ0n) is 22.7. The third-order valence-electron chi connectivity index (χ3n) is 7.10. The number of likely N-dealkylation sites (N-methyl/N-ethyl adjacent to an activating group) is 1. The molecule has 0 fully saturated rings. The van der Waals surface area contributed by atoms with Crippen molar-refractivity contribution < 1.29 is 14.1 Å². The first kappa shape index (κ1) is 30.0. The van der Waals surface area contributed by atoms with Gasteiger partial charge in [-0.15, -0.1) is 0 Å². The van der Waals surface area contributed by atoms with Crippen LogP contribution in [0.4, 0.5) is 5.69 Å². The molecule has 10 heteroatoms. The molecule has 3 aromatic rings. The summed E-state index contributed by atoms with van der Waals surface area (Å²) < 4.78 is 0.726. The lowest BCUT2D eigenvalue weighted by molar-refractivity contribution is -0.907. The van der Waals surface area contributed by atoms with Gasteiger partial charge in [-0.05, 0) is 43.4 Å². The normalized spacial score (nSPS) is 13.1. The predicted molar refractivity (Wildman–Crippen MR) is 156 cm³/mol. The highest BCUT2D eigenvalue weighted by atomic mass is 16.2. The van der Waals surface area contributed by atoms with Crippen molar-refractivity contribution in [3.05, 3.63) is 76.6 Å². The molecule has 0 aliphatic rings. The molecule has 2 amide bonds. The summed E-state index contributed by atoms with van der Waals surface area (Å²) in [6.07, 6.45) is 2.10. The van der Waals surface area contributed by atoms with Gasteiger partial charge in [0.15, 0.2) is 0 Å². The smallest absolute Gasteiger partial charge is 0.272 e. The van der Waals surface area contributed by atoms with E-state index in [1.54, 1.807) is 12.1 Å². The van der Waals surface area contributed by atoms with Crippen molar-refractivity contribution >= 4 is 28.4 Å². The zero-order chi connectivity index (χ0) is 28.3. The Morgan fingerprint density at radius 2 is 1.59 bits per heavy atom. The Kier molecular flexibility index (Phi) is 11.2. The first-order valence-corrected chi connectivity index (χ1v) is 13.5. The van der Waals surface area contributed by atoms with Crippen LogP contribution in [0.3, 0.4) is 0 Å². The molecular weight excluding hydrogens is 494 g/mol. The minimum absolute atomic E-state index is 0.124. The number of hydrogen-bond donors (Lipinski definition) is 6. The number of hydrogen-bond acceptors (Lipinski definition) is 6. The Hall–Kier alpha value is -3.57. The summed E-state index contributed by atoms with van der Waals surface area (Å²) in [5.74, 6) is -0.870. The molecule has 0 aliphatic heterocycles. The number of aryl methyl sites for hydroxylation is 1. The van der Waals surface area contributed by atoms with E-state index >= 15 is 0 Å². The van der Waals surface area contributed by atoms with Gasteiger partial charge in [0.1, 0.15) is 11.7 Å². The van der Waals surface area contributed by atoms with Gasteiger partial charge in [0.2, 0.25) is 11.8 Å². The highest BCUT2D eigenvalue weighted by Gasteiger charge is 2.26. The van der Waals surface area contributed by atoms with E-state index in [1.807, 2.05) is 48.5 Å². The second kappa shape index (κ2) is 14.5. The molecule has 1 unspecified atom stereocenters. The summed E-state index contributed by atoms with van der Waals surface area (Å²) >= 11 is 0. The second-order valence-electron chi connectivity index (χ2n) is 10.3. The molecule has 3 rings (SSSR count). The highest BCUT2D eigenvalue weighted by Crippen LogP contribution is 2.14. The molecule has 0 radical (unpaired) electrons. The molecule has 1 heterocycles. The van der Waals surface area contributed by atoms with E-state index in [0.29, 0.717) is 37.9 Å². The molecule has 1 aromatic heterocycles. The Morgan fingerprint density at radius 3 is 2.28 bits per heavy atom. The number of fused-ring (bicyclic) bond motifs is 1. The van der Waals surface area contributed by atoms with Crippen molar-refractivity contribution in [1.82, 2.24) is 10.3 Å². The van der Waals surface area contributed by atoms with E-state index in [9.17, 15) is 14.4 Å². The summed E-state index contributed by atoms with van der Waals surface area (Å²) in [5, 5.41) is 6.32. The molecule has 0 spiro atoms. The van der Waals surface area contributed by atoms with E-state index in [2.05, 4.69) is 22.7 Å². The third-order valence-corrected chi connectivity index (χ3v) is 7.10. The maximum Gasteiger partial charge on any atom is 0.272 e. The van der Waals surface area contributed by atoms with Crippen molar-refractivity contribution in [2.75, 3.05) is 45.1 Å². The fourth-order valence-corrected chi connectivity index (χ4v) is 4.75. The molecule has 39 heavy (non-hydrogen) atoms. The van der Waals surface area contributed by atoms with Gasteiger partial charge in [-0.3, -0.25) is 14.4 Å². The molecule has 0 bridgehead atoms. The Bertz CT molecular complexity index is 1270. The number of aromatic nitrogens is 1. The Morgan fingerprint density at radius 1 is 0.923 bits per heavy atom. The number of rotatable bonds is 15. The van der Waals surface area contributed by atoms with Crippen molar-refractivity contribution in [3.63, 3.8) is 0 Å². The van der Waals surface area contributed by atoms with Gasteiger partial charge in [0, 0.05) is 24.0 Å². The van der Waals surface area contributed by atoms with Gasteiger partial charge in [-0.25, -0.2) is 0 Å². The van der Waals surface area contributed by atoms with Crippen LogP contribution >= 0.6 is 0 Å². The van der Waals surface area contributed by atoms with Crippen molar-refractivity contribution in [2.24, 2.45) is 17.2 Å². The molecule has 0 aliphatic carbocycles. The average molecular weight is 537 g/mol. The average Bonchev–Trinajstić information content (AvgIpc) is 2.92. The Labute approximate surface area is 229 Å². The van der Waals surface area contributed by atoms with Gasteiger partial charge >= 0.3 is 0 Å². The summed E-state index contributed by atoms with van der Waals surface area (Å²) in [6.45, 7) is 3.52. The van der Waals surface area contributed by atoms with E-state index < -0.39 is 29.5 Å². The number of nitrogens with zero attached hydrogens (tertiary/aromatic N) is 1. The van der Waals surface area contributed by atoms with Crippen LogP contribution in [-0.4, -0.2) is 73.1 Å². The van der Waals surface area contributed by atoms with Gasteiger partial charge in [-0.2, -0.15) is 0 Å². The number of para-hydroxylation sites is 1. The second-order valence-corrected chi connectivity index (χ2v) is 10.3. The van der Waals surface area contributed by atoms with E-state index in [-0.39, 0.29) is 5.69 Å². The van der Waals surface area contributed by atoms with E-state index in [4.69, 9.17) is 17.2 Å². The van der Waals surface area contributed by atoms with Crippen LogP contribution in [0, 0.1) is 0 Å². The lowest BCUT2D eigenvalue weighted by atomic mass is 10.0. The van der Waals surface area contributed by atoms with Crippen LogP contribution < -0.4 is 33.4 Å². The first-order valence-electron chi connectivity index (χ1n) is 13.5. The van der Waals surface area contributed by atoms with Crippen LogP contribution in [0.5, 0.6) is 0 Å². The SMILES string of the molecule is C[N+](CCN)(CCN)CCCC(N)C(=O)N[C@H](CCc1ccccc1)C(=O)Nc1cc2ccccc2[nH]c1=O. The fraction of sp³-hybridized carbons (Fsp3) is 0.414. The number of nitrogens with two attached hydrogens (primary N) is 3. The number of carbonyl (C=O) groups is 2. The van der Waals surface area contributed by atoms with Crippen LogP contribution in [0.2, 0.25) is 0 Å². The van der Waals surface area contributed by atoms with Gasteiger partial charge < -0.3 is 37.3 Å². The maximum atomic E-state index is 13.3. The summed E-state index contributed by atoms with van der Waals surface area (Å²) in [5.41, 5.74) is 19.2. The summed E-state index contributed by atoms with van der Waals surface area (Å²) in [6, 6.07) is 17.0. The van der Waals surface area contributed by atoms with Gasteiger partial charge in [-0.1, -0.05) is 48.5 Å². The van der Waals surface area contributed by atoms with Crippen LogP contribution in [0.15, 0.2) is 65.5 Å². The summed E-state index contributed by atoms with van der Waals surface area (Å²) in [7, 11) is 2.10. The van der Waals surface area contributed by atoms with Crippen LogP contribution in [0.1, 0.15) is 24.8 Å². The molecule has 210 valence electrons. The zero-order valence-corrected chi connectivity index (χ0v) is 22.7. The molecule has 9 N–H and O–H groups in total. The van der Waals surface area contributed by atoms with Gasteiger partial charge in [0.25, 0.3) is 5.56 Å². The van der Waals surface area contributed by atoms with E-state index in [1.165, 1.54) is 0 Å². The summed E-state index contributed by atoms with van der Waals surface area (Å²) in [4.78, 5) is 41.7. The molecule has 2 atom stereocenters. The van der Waals surface area contributed by atoms with E-state index in [0.717, 1.165) is 41.5 Å². The number of carbonyl (C=O) groups excluding carboxylic acids is 2. The standard InChI is InChI=1S/C29H41N7O3/c1-36(18-15-30,19-16-31)17-7-11-23(32)27(37)34-25(14-13-21-8-3-2-4-9-21)28(38)35-26-20-22-10-5-6-12-24(22)33-29(26)39/h2-6,8-10,12,20,23,25H,7,11,13-19,30-32H2,1H3,(H2-,33,34,35,37,38,39)/p+1/t23?,25-/m1/s1. The monoisotopic (exact) mass is 536 g/mol. The number of anilines is 1. The first-order chi connectivity index (χ1) is 18.7. The number of amides is 2. The van der Waals surface area contributed by atoms with Crippen molar-refractivity contribution in [3.8, 4) is 0 Å². The topological polar surface area (TPSA) is 169 Å². The predicted octanol–water partition coefficient (Wildman–Crippen LogP) is 1.06. The van der Waals surface area contributed by atoms with Crippen LogP contribution in [0.25, 0.3) is 10.9 Å². The minimum Gasteiger partial charge on any atom is -0.343 e. The lowest BCUT2D eigenvalue weighted by Gasteiger charge is -2.34. The minimum atomic E-state index is -0.870. The number of H-pyrrole nitrogens is 1. The highest BCUT2D eigenvalue weighted by molar-refractivity contribution is 5.98.